The Morgan fingerprint density at radius 3 is 2.77 bits per heavy atom. The van der Waals surface area contributed by atoms with E-state index in [-0.39, 0.29) is 5.91 Å². The van der Waals surface area contributed by atoms with Crippen LogP contribution in [0.5, 0.6) is 0 Å². The van der Waals surface area contributed by atoms with Gasteiger partial charge in [0.15, 0.2) is 5.82 Å². The molecule has 2 aromatic carbocycles. The summed E-state index contributed by atoms with van der Waals surface area (Å²) in [6, 6.07) is 15.4. The van der Waals surface area contributed by atoms with Gasteiger partial charge in [-0.2, -0.15) is 4.68 Å². The van der Waals surface area contributed by atoms with Gasteiger partial charge in [0.2, 0.25) is 11.8 Å². The van der Waals surface area contributed by atoms with E-state index in [1.807, 2.05) is 62.4 Å². The van der Waals surface area contributed by atoms with Crippen LogP contribution in [-0.2, 0) is 10.5 Å². The third-order valence-electron chi connectivity index (χ3n) is 4.40. The van der Waals surface area contributed by atoms with Crippen molar-refractivity contribution in [1.29, 1.82) is 0 Å². The summed E-state index contributed by atoms with van der Waals surface area (Å²) in [5.41, 5.74) is 4.28. The number of rotatable bonds is 7. The second-order valence-electron chi connectivity index (χ2n) is 6.69. The predicted molar refractivity (Wildman–Crippen MR) is 115 cm³/mol. The van der Waals surface area contributed by atoms with Gasteiger partial charge in [-0.25, -0.2) is 4.98 Å². The number of hydrogen-bond donors (Lipinski definition) is 1. The van der Waals surface area contributed by atoms with E-state index in [2.05, 4.69) is 25.8 Å². The zero-order chi connectivity index (χ0) is 20.9. The molecule has 4 rings (SSSR count). The number of tetrazole rings is 1. The molecule has 0 fully saturated rings. The van der Waals surface area contributed by atoms with Crippen LogP contribution < -0.4 is 5.32 Å². The van der Waals surface area contributed by atoms with Crippen LogP contribution in [0.3, 0.4) is 0 Å². The van der Waals surface area contributed by atoms with Crippen molar-refractivity contribution >= 4 is 23.4 Å². The first-order valence-electron chi connectivity index (χ1n) is 9.33. The average molecular weight is 420 g/mol. The summed E-state index contributed by atoms with van der Waals surface area (Å²) in [6.07, 6.45) is 1.63. The van der Waals surface area contributed by atoms with Gasteiger partial charge in [0.1, 0.15) is 6.26 Å². The molecule has 0 aliphatic heterocycles. The van der Waals surface area contributed by atoms with Crippen LogP contribution in [0.1, 0.15) is 17.1 Å². The third-order valence-corrected chi connectivity index (χ3v) is 5.37. The number of aromatic nitrogens is 5. The summed E-state index contributed by atoms with van der Waals surface area (Å²) in [5.74, 6) is 2.07. The van der Waals surface area contributed by atoms with Crippen molar-refractivity contribution in [2.75, 3.05) is 11.1 Å². The van der Waals surface area contributed by atoms with Crippen molar-refractivity contribution in [3.63, 3.8) is 0 Å². The molecule has 0 spiro atoms. The van der Waals surface area contributed by atoms with Gasteiger partial charge >= 0.3 is 0 Å². The van der Waals surface area contributed by atoms with E-state index >= 15 is 0 Å². The molecule has 2 heterocycles. The Labute approximate surface area is 177 Å². The molecule has 0 aliphatic rings. The summed E-state index contributed by atoms with van der Waals surface area (Å²) in [4.78, 5) is 16.8. The van der Waals surface area contributed by atoms with Gasteiger partial charge < -0.3 is 9.73 Å². The summed E-state index contributed by atoms with van der Waals surface area (Å²) < 4.78 is 7.18. The lowest BCUT2D eigenvalue weighted by molar-refractivity contribution is -0.113. The Balaban J connectivity index is 1.33. The normalized spacial score (nSPS) is 10.9. The number of carbonyl (C=O) groups excluding carboxylic acids is 1. The standard InChI is InChI=1S/C21H20N6O2S/c1-14-8-9-17(10-19(14)27-15(2)24-25-26-27)22-20(28)13-30-12-18-11-29-21(23-18)16-6-4-3-5-7-16/h3-11H,12-13H2,1-2H3,(H,22,28). The molecule has 0 radical (unpaired) electrons. The summed E-state index contributed by atoms with van der Waals surface area (Å²) in [5, 5.41) is 14.5. The second kappa shape index (κ2) is 8.91. The third kappa shape index (κ3) is 4.57. The van der Waals surface area contributed by atoms with E-state index in [1.54, 1.807) is 10.9 Å². The topological polar surface area (TPSA) is 98.7 Å². The number of amides is 1. The summed E-state index contributed by atoms with van der Waals surface area (Å²) in [7, 11) is 0. The summed E-state index contributed by atoms with van der Waals surface area (Å²) in [6.45, 7) is 3.80. The number of oxazole rings is 1. The number of benzene rings is 2. The van der Waals surface area contributed by atoms with Gasteiger partial charge in [-0.15, -0.1) is 16.9 Å². The molecule has 8 nitrogen and oxygen atoms in total. The largest absolute Gasteiger partial charge is 0.444 e. The minimum atomic E-state index is -0.0879. The molecule has 0 bridgehead atoms. The molecule has 1 N–H and O–H groups in total. The lowest BCUT2D eigenvalue weighted by Crippen LogP contribution is -2.15. The maximum atomic E-state index is 12.4. The number of hydrogen-bond acceptors (Lipinski definition) is 7. The lowest BCUT2D eigenvalue weighted by atomic mass is 10.2. The van der Waals surface area contributed by atoms with Crippen LogP contribution in [0, 0.1) is 13.8 Å². The fourth-order valence-electron chi connectivity index (χ4n) is 2.90. The van der Waals surface area contributed by atoms with Gasteiger partial charge in [0.05, 0.1) is 17.1 Å². The number of anilines is 1. The van der Waals surface area contributed by atoms with E-state index in [1.165, 1.54) is 11.8 Å². The SMILES string of the molecule is Cc1ccc(NC(=O)CSCc2coc(-c3ccccc3)n2)cc1-n1nnnc1C. The molecule has 152 valence electrons. The fourth-order valence-corrected chi connectivity index (χ4v) is 3.60. The Bertz CT molecular complexity index is 1160. The van der Waals surface area contributed by atoms with Crippen LogP contribution in [0.15, 0.2) is 59.2 Å². The van der Waals surface area contributed by atoms with Gasteiger partial charge in [0, 0.05) is 17.0 Å². The molecular formula is C21H20N6O2S. The lowest BCUT2D eigenvalue weighted by Gasteiger charge is -2.10. The maximum absolute atomic E-state index is 12.4. The van der Waals surface area contributed by atoms with Crippen molar-refractivity contribution in [2.24, 2.45) is 0 Å². The van der Waals surface area contributed by atoms with Crippen LogP contribution in [-0.4, -0.2) is 36.9 Å². The highest BCUT2D eigenvalue weighted by molar-refractivity contribution is 7.99. The average Bonchev–Trinajstić information content (AvgIpc) is 3.39. The van der Waals surface area contributed by atoms with E-state index in [0.29, 0.717) is 28.9 Å². The van der Waals surface area contributed by atoms with Crippen molar-refractivity contribution < 1.29 is 9.21 Å². The number of carbonyl (C=O) groups is 1. The van der Waals surface area contributed by atoms with Gasteiger partial charge in [-0.05, 0) is 54.1 Å². The first-order valence-corrected chi connectivity index (χ1v) is 10.5. The van der Waals surface area contributed by atoms with Gasteiger partial charge in [0.25, 0.3) is 0 Å². The minimum Gasteiger partial charge on any atom is -0.444 e. The van der Waals surface area contributed by atoms with E-state index in [0.717, 1.165) is 22.5 Å². The van der Waals surface area contributed by atoms with Crippen LogP contribution >= 0.6 is 11.8 Å². The van der Waals surface area contributed by atoms with Gasteiger partial charge in [-0.1, -0.05) is 24.3 Å². The highest BCUT2D eigenvalue weighted by atomic mass is 32.2. The zero-order valence-corrected chi connectivity index (χ0v) is 17.4. The van der Waals surface area contributed by atoms with E-state index in [4.69, 9.17) is 4.42 Å². The second-order valence-corrected chi connectivity index (χ2v) is 7.68. The maximum Gasteiger partial charge on any atom is 0.234 e. The van der Waals surface area contributed by atoms with Gasteiger partial charge in [-0.3, -0.25) is 4.79 Å². The molecular weight excluding hydrogens is 400 g/mol. The number of nitrogens with zero attached hydrogens (tertiary/aromatic N) is 5. The van der Waals surface area contributed by atoms with E-state index < -0.39 is 0 Å². The molecule has 2 aromatic heterocycles. The van der Waals surface area contributed by atoms with Crippen molar-refractivity contribution in [3.8, 4) is 17.1 Å². The number of aryl methyl sites for hydroxylation is 2. The predicted octanol–water partition coefficient (Wildman–Crippen LogP) is 3.81. The molecule has 0 saturated carbocycles. The van der Waals surface area contributed by atoms with E-state index in [9.17, 15) is 4.79 Å². The highest BCUT2D eigenvalue weighted by Crippen LogP contribution is 2.22. The van der Waals surface area contributed by atoms with Crippen LogP contribution in [0.2, 0.25) is 0 Å². The molecule has 9 heteroatoms. The van der Waals surface area contributed by atoms with Crippen molar-refractivity contribution in [3.05, 3.63) is 71.9 Å². The molecule has 4 aromatic rings. The summed E-state index contributed by atoms with van der Waals surface area (Å²) >= 11 is 1.48. The Hall–Kier alpha value is -3.46. The van der Waals surface area contributed by atoms with Crippen molar-refractivity contribution in [2.45, 2.75) is 19.6 Å². The molecule has 0 aliphatic carbocycles. The molecule has 0 unspecified atom stereocenters. The fraction of sp³-hybridized carbons (Fsp3) is 0.190. The first kappa shape index (κ1) is 19.8. The quantitative estimate of drug-likeness (QED) is 0.485. The zero-order valence-electron chi connectivity index (χ0n) is 16.6. The number of thioether (sulfide) groups is 1. The molecule has 1 amide bonds. The Morgan fingerprint density at radius 2 is 2.00 bits per heavy atom. The van der Waals surface area contributed by atoms with Crippen LogP contribution in [0.4, 0.5) is 5.69 Å². The minimum absolute atomic E-state index is 0.0879. The Morgan fingerprint density at radius 1 is 1.17 bits per heavy atom. The molecule has 0 saturated heterocycles. The first-order chi connectivity index (χ1) is 14.6. The molecule has 0 atom stereocenters. The smallest absolute Gasteiger partial charge is 0.234 e. The van der Waals surface area contributed by atoms with Crippen molar-refractivity contribution in [1.82, 2.24) is 25.2 Å². The Kier molecular flexibility index (Phi) is 5.89. The highest BCUT2D eigenvalue weighted by Gasteiger charge is 2.11. The number of nitrogens with one attached hydrogen (secondary N) is 1. The van der Waals surface area contributed by atoms with Crippen LogP contribution in [0.25, 0.3) is 17.1 Å². The molecule has 30 heavy (non-hydrogen) atoms. The monoisotopic (exact) mass is 420 g/mol.